The molecule has 0 aliphatic heterocycles. The molecule has 3 N–H and O–H groups in total. The minimum absolute atomic E-state index is 0.0576. The van der Waals surface area contributed by atoms with Gasteiger partial charge in [0, 0.05) is 20.0 Å². The summed E-state index contributed by atoms with van der Waals surface area (Å²) in [4.78, 5) is 40.9. The third-order valence-corrected chi connectivity index (χ3v) is 4.68. The lowest BCUT2D eigenvalue weighted by Crippen LogP contribution is -2.55. The van der Waals surface area contributed by atoms with Gasteiger partial charge in [0.25, 0.3) is 5.91 Å². The molecule has 0 saturated heterocycles. The van der Waals surface area contributed by atoms with Crippen LogP contribution in [0.3, 0.4) is 0 Å². The summed E-state index contributed by atoms with van der Waals surface area (Å²) in [5, 5.41) is 12.8. The zero-order chi connectivity index (χ0) is 20.8. The van der Waals surface area contributed by atoms with Gasteiger partial charge in [-0.2, -0.15) is 0 Å². The summed E-state index contributed by atoms with van der Waals surface area (Å²) in [6, 6.07) is 1.87. The average molecular weight is 411 g/mol. The van der Waals surface area contributed by atoms with Crippen LogP contribution in [0.1, 0.15) is 25.7 Å². The molecule has 0 radical (unpaired) electrons. The fourth-order valence-electron chi connectivity index (χ4n) is 3.07. The van der Waals surface area contributed by atoms with Gasteiger partial charge < -0.3 is 15.3 Å². The molecular weight excluding hydrogens is 389 g/mol. The Hall–Kier alpha value is -2.82. The number of pyridine rings is 1. The van der Waals surface area contributed by atoms with E-state index in [1.54, 1.807) is 14.1 Å². The molecule has 2 atom stereocenters. The summed E-state index contributed by atoms with van der Waals surface area (Å²) < 4.78 is 12.9. The fourth-order valence-corrected chi connectivity index (χ4v) is 3.22. The average Bonchev–Trinajstić information content (AvgIpc) is 2.66. The zero-order valence-corrected chi connectivity index (χ0v) is 16.3. The van der Waals surface area contributed by atoms with E-state index in [-0.39, 0.29) is 22.6 Å². The second-order valence-electron chi connectivity index (χ2n) is 6.66. The minimum Gasteiger partial charge on any atom is -0.464 e. The number of hydrogen-bond acceptors (Lipinski definition) is 5. The van der Waals surface area contributed by atoms with Crippen molar-refractivity contribution in [3.63, 3.8) is 0 Å². The Morgan fingerprint density at radius 3 is 2.57 bits per heavy atom. The van der Waals surface area contributed by atoms with E-state index in [1.807, 2.05) is 0 Å². The van der Waals surface area contributed by atoms with Crippen LogP contribution in [0, 0.1) is 11.7 Å². The van der Waals surface area contributed by atoms with Gasteiger partial charge in [-0.25, -0.2) is 19.2 Å². The van der Waals surface area contributed by atoms with Crippen LogP contribution in [0.25, 0.3) is 0 Å². The number of halogens is 1. The molecule has 9 nitrogen and oxygen atoms in total. The smallest absolute Gasteiger partial charge is 0.426 e. The number of aromatic nitrogens is 1. The first kappa shape index (κ1) is 21.5. The van der Waals surface area contributed by atoms with E-state index >= 15 is 0 Å². The second-order valence-corrected chi connectivity index (χ2v) is 7.07. The lowest BCUT2D eigenvalue weighted by Gasteiger charge is -2.36. The van der Waals surface area contributed by atoms with E-state index in [1.165, 1.54) is 11.0 Å². The summed E-state index contributed by atoms with van der Waals surface area (Å²) in [7, 11) is 3.31. The normalized spacial score (nSPS) is 18.7. The van der Waals surface area contributed by atoms with Crippen molar-refractivity contribution in [1.82, 2.24) is 20.3 Å². The topological polar surface area (TPSA) is 115 Å². The second kappa shape index (κ2) is 9.40. The summed E-state index contributed by atoms with van der Waals surface area (Å²) in [6.07, 6.45) is 1.86. The SMILES string of the molecule is CN(C)C(=O)[C@H]1CCCC(N(NC(=S)C(=O)Nc2ccc(F)cn2)C(=O)O)C1. The number of anilines is 1. The van der Waals surface area contributed by atoms with Gasteiger partial charge >= 0.3 is 6.09 Å². The van der Waals surface area contributed by atoms with Crippen LogP contribution in [0.15, 0.2) is 18.3 Å². The number of carboxylic acid groups (broad SMARTS) is 1. The molecule has 1 aliphatic rings. The molecule has 1 aromatic rings. The number of carbonyl (C=O) groups excluding carboxylic acids is 2. The standard InChI is InChI=1S/C17H22FN5O4S/c1-22(2)16(25)10-4-3-5-12(8-10)23(17(26)27)21-15(28)14(24)20-13-7-6-11(18)9-19-13/h6-7,9-10,12H,3-5,8H2,1-2H3,(H,21,28)(H,26,27)(H,19,20,24)/t10-,12?/m0/s1. The zero-order valence-electron chi connectivity index (χ0n) is 15.5. The lowest BCUT2D eigenvalue weighted by atomic mass is 9.84. The highest BCUT2D eigenvalue weighted by atomic mass is 32.1. The van der Waals surface area contributed by atoms with Crippen LogP contribution < -0.4 is 10.7 Å². The molecule has 0 aromatic carbocycles. The van der Waals surface area contributed by atoms with Crippen molar-refractivity contribution in [2.24, 2.45) is 5.92 Å². The van der Waals surface area contributed by atoms with Crippen molar-refractivity contribution in [3.8, 4) is 0 Å². The summed E-state index contributed by atoms with van der Waals surface area (Å²) in [6.45, 7) is 0. The highest BCUT2D eigenvalue weighted by Gasteiger charge is 2.34. The summed E-state index contributed by atoms with van der Waals surface area (Å²) in [5.74, 6) is -1.61. The van der Waals surface area contributed by atoms with Gasteiger partial charge in [-0.15, -0.1) is 0 Å². The Balaban J connectivity index is 2.02. The largest absolute Gasteiger partial charge is 0.464 e. The first-order chi connectivity index (χ1) is 13.2. The van der Waals surface area contributed by atoms with Gasteiger partial charge in [0.2, 0.25) is 5.91 Å². The number of nitrogens with zero attached hydrogens (tertiary/aromatic N) is 3. The van der Waals surface area contributed by atoms with Gasteiger partial charge in [-0.3, -0.25) is 15.0 Å². The number of carbonyl (C=O) groups is 3. The van der Waals surface area contributed by atoms with E-state index in [0.29, 0.717) is 25.7 Å². The minimum atomic E-state index is -1.31. The van der Waals surface area contributed by atoms with Crippen LogP contribution in [0.4, 0.5) is 15.0 Å². The van der Waals surface area contributed by atoms with E-state index in [2.05, 4.69) is 15.7 Å². The number of nitrogens with one attached hydrogen (secondary N) is 2. The van der Waals surface area contributed by atoms with E-state index in [9.17, 15) is 23.9 Å². The van der Waals surface area contributed by atoms with Crippen LogP contribution >= 0.6 is 12.2 Å². The van der Waals surface area contributed by atoms with E-state index in [0.717, 1.165) is 17.3 Å². The molecule has 1 aliphatic carbocycles. The lowest BCUT2D eigenvalue weighted by molar-refractivity contribution is -0.134. The number of hydrogen-bond donors (Lipinski definition) is 3. The first-order valence-corrected chi connectivity index (χ1v) is 9.06. The Labute approximate surface area is 166 Å². The highest BCUT2D eigenvalue weighted by molar-refractivity contribution is 7.82. The van der Waals surface area contributed by atoms with Crippen molar-refractivity contribution in [1.29, 1.82) is 0 Å². The van der Waals surface area contributed by atoms with Crippen molar-refractivity contribution in [3.05, 3.63) is 24.1 Å². The Bertz CT molecular complexity index is 758. The van der Waals surface area contributed by atoms with Crippen molar-refractivity contribution in [2.45, 2.75) is 31.7 Å². The molecule has 1 unspecified atom stereocenters. The van der Waals surface area contributed by atoms with E-state index in [4.69, 9.17) is 12.2 Å². The number of thiocarbonyl (C=S) groups is 1. The molecule has 152 valence electrons. The highest BCUT2D eigenvalue weighted by Crippen LogP contribution is 2.28. The molecule has 11 heteroatoms. The Kier molecular flexibility index (Phi) is 7.21. The molecule has 2 rings (SSSR count). The van der Waals surface area contributed by atoms with Gasteiger partial charge in [-0.1, -0.05) is 18.6 Å². The van der Waals surface area contributed by atoms with Crippen molar-refractivity contribution >= 4 is 40.9 Å². The maximum atomic E-state index is 12.9. The summed E-state index contributed by atoms with van der Waals surface area (Å²) >= 11 is 4.98. The molecule has 1 saturated carbocycles. The van der Waals surface area contributed by atoms with Gasteiger partial charge in [0.1, 0.15) is 11.6 Å². The molecule has 1 aromatic heterocycles. The number of hydrazine groups is 1. The van der Waals surface area contributed by atoms with Crippen LogP contribution in [-0.2, 0) is 9.59 Å². The number of amides is 3. The molecule has 0 spiro atoms. The monoisotopic (exact) mass is 411 g/mol. The molecule has 1 heterocycles. The molecule has 0 bridgehead atoms. The summed E-state index contributed by atoms with van der Waals surface area (Å²) in [5.41, 5.74) is 2.43. The third kappa shape index (κ3) is 5.59. The third-order valence-electron chi connectivity index (χ3n) is 4.40. The molecule has 1 fully saturated rings. The molecular formula is C17H22FN5O4S. The quantitative estimate of drug-likeness (QED) is 0.511. The molecule has 28 heavy (non-hydrogen) atoms. The maximum Gasteiger partial charge on any atom is 0.426 e. The van der Waals surface area contributed by atoms with Gasteiger partial charge in [-0.05, 0) is 31.4 Å². The van der Waals surface area contributed by atoms with Gasteiger partial charge in [0.05, 0.1) is 12.2 Å². The van der Waals surface area contributed by atoms with Gasteiger partial charge in [0.15, 0.2) is 4.99 Å². The predicted octanol–water partition coefficient (Wildman–Crippen LogP) is 1.62. The fraction of sp³-hybridized carbons (Fsp3) is 0.471. The van der Waals surface area contributed by atoms with Crippen LogP contribution in [-0.4, -0.2) is 63.0 Å². The Morgan fingerprint density at radius 1 is 1.29 bits per heavy atom. The number of rotatable bonds is 3. The van der Waals surface area contributed by atoms with Crippen LogP contribution in [0.5, 0.6) is 0 Å². The van der Waals surface area contributed by atoms with Crippen molar-refractivity contribution < 1.29 is 23.9 Å². The molecule has 3 amide bonds. The van der Waals surface area contributed by atoms with Crippen LogP contribution in [0.2, 0.25) is 0 Å². The maximum absolute atomic E-state index is 12.9. The Morgan fingerprint density at radius 2 is 2.00 bits per heavy atom. The van der Waals surface area contributed by atoms with E-state index < -0.39 is 23.9 Å². The predicted molar refractivity (Wildman–Crippen MR) is 103 cm³/mol. The van der Waals surface area contributed by atoms with Crippen molar-refractivity contribution in [2.75, 3.05) is 19.4 Å². The first-order valence-electron chi connectivity index (χ1n) is 8.66.